The molecule has 0 bridgehead atoms. The molecule has 0 saturated heterocycles. The summed E-state index contributed by atoms with van der Waals surface area (Å²) in [7, 11) is -4.40. The van der Waals surface area contributed by atoms with Crippen LogP contribution in [0.5, 0.6) is 5.88 Å². The Morgan fingerprint density at radius 2 is 1.74 bits per heavy atom. The molecule has 200 valence electrons. The number of rotatable bonds is 9. The molecule has 0 unspecified atom stereocenters. The average Bonchev–Trinajstić information content (AvgIpc) is 2.94. The summed E-state index contributed by atoms with van der Waals surface area (Å²) in [6, 6.07) is 16.5. The normalized spacial score (nSPS) is 12.2. The van der Waals surface area contributed by atoms with Gasteiger partial charge in [0.2, 0.25) is 15.7 Å². The fraction of sp³-hybridized carbons (Fsp3) is 0.267. The Kier molecular flexibility index (Phi) is 8.27. The second-order valence-electron chi connectivity index (χ2n) is 9.34. The molecule has 2 aromatic carbocycles. The van der Waals surface area contributed by atoms with Crippen LogP contribution < -0.4 is 5.56 Å². The van der Waals surface area contributed by atoms with Gasteiger partial charge in [0.25, 0.3) is 5.56 Å². The molecule has 0 fully saturated rings. The van der Waals surface area contributed by atoms with E-state index in [1.54, 1.807) is 48.8 Å². The molecule has 0 radical (unpaired) electrons. The molecule has 0 spiro atoms. The van der Waals surface area contributed by atoms with Crippen molar-refractivity contribution in [2.24, 2.45) is 0 Å². The van der Waals surface area contributed by atoms with Gasteiger partial charge in [0.05, 0.1) is 22.6 Å². The number of hydrogen-bond acceptors (Lipinski definition) is 7. The Hall–Kier alpha value is -4.29. The van der Waals surface area contributed by atoms with Gasteiger partial charge in [0.15, 0.2) is 4.90 Å². The smallest absolute Gasteiger partial charge is 0.296 e. The molecule has 0 amide bonds. The van der Waals surface area contributed by atoms with Crippen LogP contribution in [-0.2, 0) is 16.3 Å². The molecule has 0 saturated carbocycles. The van der Waals surface area contributed by atoms with E-state index in [0.717, 1.165) is 28.7 Å². The van der Waals surface area contributed by atoms with E-state index >= 15 is 0 Å². The molecule has 2 heterocycles. The second-order valence-corrected chi connectivity index (χ2v) is 11.2. The van der Waals surface area contributed by atoms with Crippen LogP contribution in [-0.4, -0.2) is 28.1 Å². The average molecular weight is 543 g/mol. The summed E-state index contributed by atoms with van der Waals surface area (Å²) in [5, 5.41) is 20.6. The number of hydrogen-bond donors (Lipinski definition) is 1. The minimum absolute atomic E-state index is 0.119. The molecule has 4 rings (SSSR count). The van der Waals surface area contributed by atoms with Crippen molar-refractivity contribution in [3.8, 4) is 23.1 Å². The molecule has 2 aromatic heterocycles. The minimum atomic E-state index is -4.40. The van der Waals surface area contributed by atoms with Gasteiger partial charge in [-0.2, -0.15) is 10.2 Å². The van der Waals surface area contributed by atoms with Crippen molar-refractivity contribution >= 4 is 9.84 Å². The SMILES string of the molecule is CCCCc1nc(=O)c(S(=O)(=O)c2ccc(-c3ccncc3C)cc2)c(O)n1[C@@H](CC)c1ccc(C#N)cc1. The summed E-state index contributed by atoms with van der Waals surface area (Å²) < 4.78 is 28.9. The maximum Gasteiger partial charge on any atom is 0.296 e. The molecular formula is C30H30N4O4S. The van der Waals surface area contributed by atoms with Crippen molar-refractivity contribution in [1.82, 2.24) is 14.5 Å². The third-order valence-electron chi connectivity index (χ3n) is 6.78. The number of aryl methyl sites for hydroxylation is 2. The first-order valence-corrected chi connectivity index (χ1v) is 14.3. The van der Waals surface area contributed by atoms with Crippen molar-refractivity contribution in [3.05, 3.63) is 99.9 Å². The number of aromatic nitrogens is 3. The fourth-order valence-electron chi connectivity index (χ4n) is 4.70. The third kappa shape index (κ3) is 5.47. The maximum absolute atomic E-state index is 13.7. The number of sulfone groups is 1. The van der Waals surface area contributed by atoms with Crippen molar-refractivity contribution in [3.63, 3.8) is 0 Å². The van der Waals surface area contributed by atoms with Crippen LogP contribution in [0.3, 0.4) is 0 Å². The van der Waals surface area contributed by atoms with Gasteiger partial charge < -0.3 is 5.11 Å². The van der Waals surface area contributed by atoms with Gasteiger partial charge in [-0.3, -0.25) is 14.3 Å². The molecule has 1 atom stereocenters. The highest BCUT2D eigenvalue weighted by Crippen LogP contribution is 2.34. The Morgan fingerprint density at radius 1 is 1.05 bits per heavy atom. The molecule has 8 nitrogen and oxygen atoms in total. The van der Waals surface area contributed by atoms with Crippen LogP contribution in [0.1, 0.15) is 61.7 Å². The summed E-state index contributed by atoms with van der Waals surface area (Å²) in [5.74, 6) is -0.315. The zero-order chi connectivity index (χ0) is 28.2. The number of nitrogens with zero attached hydrogens (tertiary/aromatic N) is 4. The number of pyridine rings is 1. The van der Waals surface area contributed by atoms with E-state index in [9.17, 15) is 23.6 Å². The fourth-order valence-corrected chi connectivity index (χ4v) is 6.04. The van der Waals surface area contributed by atoms with Crippen molar-refractivity contribution in [2.45, 2.75) is 62.3 Å². The van der Waals surface area contributed by atoms with Crippen molar-refractivity contribution in [1.29, 1.82) is 5.26 Å². The van der Waals surface area contributed by atoms with Crippen molar-refractivity contribution in [2.75, 3.05) is 0 Å². The predicted octanol–water partition coefficient (Wildman–Crippen LogP) is 5.37. The standard InChI is InChI=1S/C30H30N4O4S/c1-4-6-7-27-33-29(35)28(30(36)34(27)26(5-2)23-10-8-21(18-31)9-11-23)39(37,38)24-14-12-22(13-15-24)25-16-17-32-19-20(25)3/h8-17,19,26,36H,4-7H2,1-3H3/t26-/m0/s1. The van der Waals surface area contributed by atoms with Gasteiger partial charge in [-0.05, 0) is 72.4 Å². The molecular weight excluding hydrogens is 512 g/mol. The van der Waals surface area contributed by atoms with E-state index in [1.165, 1.54) is 16.7 Å². The lowest BCUT2D eigenvalue weighted by Crippen LogP contribution is -2.27. The Balaban J connectivity index is 1.86. The van der Waals surface area contributed by atoms with E-state index in [2.05, 4.69) is 16.0 Å². The highest BCUT2D eigenvalue weighted by Gasteiger charge is 2.31. The number of nitriles is 1. The van der Waals surface area contributed by atoms with Crippen LogP contribution >= 0.6 is 0 Å². The van der Waals surface area contributed by atoms with Crippen molar-refractivity contribution < 1.29 is 13.5 Å². The van der Waals surface area contributed by atoms with E-state index in [4.69, 9.17) is 0 Å². The number of unbranched alkanes of at least 4 members (excludes halogenated alkanes) is 1. The van der Waals surface area contributed by atoms with Crippen LogP contribution in [0.25, 0.3) is 11.1 Å². The largest absolute Gasteiger partial charge is 0.493 e. The summed E-state index contributed by atoms with van der Waals surface area (Å²) in [6.45, 7) is 5.81. The highest BCUT2D eigenvalue weighted by molar-refractivity contribution is 7.91. The summed E-state index contributed by atoms with van der Waals surface area (Å²) >= 11 is 0. The first-order chi connectivity index (χ1) is 18.7. The van der Waals surface area contributed by atoms with E-state index in [-0.39, 0.29) is 4.90 Å². The molecule has 9 heteroatoms. The topological polar surface area (TPSA) is 126 Å². The quantitative estimate of drug-likeness (QED) is 0.301. The molecule has 39 heavy (non-hydrogen) atoms. The molecule has 0 aliphatic heterocycles. The van der Waals surface area contributed by atoms with E-state index in [1.807, 2.05) is 26.8 Å². The lowest BCUT2D eigenvalue weighted by atomic mass is 10.0. The predicted molar refractivity (Wildman–Crippen MR) is 148 cm³/mol. The molecule has 0 aliphatic carbocycles. The van der Waals surface area contributed by atoms with Gasteiger partial charge >= 0.3 is 0 Å². The lowest BCUT2D eigenvalue weighted by Gasteiger charge is -2.25. The first-order valence-electron chi connectivity index (χ1n) is 12.8. The monoisotopic (exact) mass is 542 g/mol. The Bertz CT molecular complexity index is 1690. The molecule has 0 aliphatic rings. The van der Waals surface area contributed by atoms with Crippen LogP contribution in [0.15, 0.2) is 81.6 Å². The van der Waals surface area contributed by atoms with Gasteiger partial charge in [-0.1, -0.05) is 44.5 Å². The Morgan fingerprint density at radius 3 is 2.33 bits per heavy atom. The zero-order valence-electron chi connectivity index (χ0n) is 22.1. The highest BCUT2D eigenvalue weighted by atomic mass is 32.2. The van der Waals surface area contributed by atoms with E-state index in [0.29, 0.717) is 30.7 Å². The van der Waals surface area contributed by atoms with Gasteiger partial charge in [0.1, 0.15) is 5.82 Å². The molecule has 4 aromatic rings. The first kappa shape index (κ1) is 27.7. The summed E-state index contributed by atoms with van der Waals surface area (Å²) in [5.41, 5.74) is 2.91. The third-order valence-corrected chi connectivity index (χ3v) is 8.56. The van der Waals surface area contributed by atoms with Crippen LogP contribution in [0, 0.1) is 18.3 Å². The number of benzene rings is 2. The molecule has 1 N–H and O–H groups in total. The van der Waals surface area contributed by atoms with Crippen LogP contribution in [0.2, 0.25) is 0 Å². The number of aromatic hydroxyl groups is 1. The summed E-state index contributed by atoms with van der Waals surface area (Å²) in [4.78, 5) is 20.6. The van der Waals surface area contributed by atoms with E-state index < -0.39 is 32.2 Å². The van der Waals surface area contributed by atoms with Gasteiger partial charge in [0, 0.05) is 18.8 Å². The Labute approximate surface area is 228 Å². The second kappa shape index (κ2) is 11.6. The maximum atomic E-state index is 13.7. The van der Waals surface area contributed by atoms with Gasteiger partial charge in [-0.15, -0.1) is 0 Å². The minimum Gasteiger partial charge on any atom is -0.493 e. The lowest BCUT2D eigenvalue weighted by molar-refractivity contribution is 0.358. The van der Waals surface area contributed by atoms with Crippen LogP contribution in [0.4, 0.5) is 0 Å². The zero-order valence-corrected chi connectivity index (χ0v) is 22.9. The van der Waals surface area contributed by atoms with Gasteiger partial charge in [-0.25, -0.2) is 8.42 Å². The summed E-state index contributed by atoms with van der Waals surface area (Å²) in [6.07, 6.45) is 5.81.